The highest BCUT2D eigenvalue weighted by molar-refractivity contribution is 5.85. The van der Waals surface area contributed by atoms with Crippen molar-refractivity contribution in [3.8, 4) is 11.1 Å². The second-order valence-corrected chi connectivity index (χ2v) is 5.44. The van der Waals surface area contributed by atoms with E-state index in [0.29, 0.717) is 22.6 Å². The minimum absolute atomic E-state index is 0.00255. The smallest absolute Gasteiger partial charge is 0.416 e. The van der Waals surface area contributed by atoms with Gasteiger partial charge in [-0.1, -0.05) is 24.3 Å². The van der Waals surface area contributed by atoms with Gasteiger partial charge in [0.2, 0.25) is 0 Å². The zero-order chi connectivity index (χ0) is 18.6. The van der Waals surface area contributed by atoms with Crippen LogP contribution in [0.25, 0.3) is 11.1 Å². The molecule has 134 valence electrons. The van der Waals surface area contributed by atoms with Gasteiger partial charge in [-0.3, -0.25) is 5.32 Å². The third kappa shape index (κ3) is 4.44. The van der Waals surface area contributed by atoms with Gasteiger partial charge in [0.1, 0.15) is 5.76 Å². The van der Waals surface area contributed by atoms with Crippen LogP contribution < -0.4 is 5.32 Å². The molecule has 2 aromatic carbocycles. The lowest BCUT2D eigenvalue weighted by Gasteiger charge is -2.10. The summed E-state index contributed by atoms with van der Waals surface area (Å²) in [6, 6.07) is 14.9. The molecule has 1 amide bonds. The number of carbonyl (C=O) groups excluding carboxylic acids is 1. The molecule has 1 heterocycles. The van der Waals surface area contributed by atoms with E-state index in [2.05, 4.69) is 5.32 Å². The van der Waals surface area contributed by atoms with E-state index in [-0.39, 0.29) is 6.61 Å². The van der Waals surface area contributed by atoms with Gasteiger partial charge in [0.25, 0.3) is 0 Å². The summed E-state index contributed by atoms with van der Waals surface area (Å²) in [6.07, 6.45) is -3.56. The van der Waals surface area contributed by atoms with Crippen molar-refractivity contribution >= 4 is 11.8 Å². The average Bonchev–Trinajstić information content (AvgIpc) is 3.13. The van der Waals surface area contributed by atoms with Gasteiger partial charge in [0, 0.05) is 5.69 Å². The molecule has 0 atom stereocenters. The van der Waals surface area contributed by atoms with Crippen LogP contribution in [0.2, 0.25) is 0 Å². The third-order valence-corrected chi connectivity index (χ3v) is 3.58. The van der Waals surface area contributed by atoms with E-state index in [1.54, 1.807) is 36.4 Å². The monoisotopic (exact) mass is 361 g/mol. The van der Waals surface area contributed by atoms with E-state index in [1.165, 1.54) is 18.4 Å². The van der Waals surface area contributed by atoms with E-state index in [9.17, 15) is 18.0 Å². The molecule has 0 saturated heterocycles. The highest BCUT2D eigenvalue weighted by Gasteiger charge is 2.29. The Kier molecular flexibility index (Phi) is 4.97. The molecular weight excluding hydrogens is 347 g/mol. The molecule has 0 fully saturated rings. The fourth-order valence-electron chi connectivity index (χ4n) is 2.31. The number of amides is 1. The second kappa shape index (κ2) is 7.35. The Labute approximate surface area is 147 Å². The molecule has 0 aliphatic heterocycles. The van der Waals surface area contributed by atoms with Crippen LogP contribution in [-0.2, 0) is 17.5 Å². The van der Waals surface area contributed by atoms with Crippen molar-refractivity contribution in [3.63, 3.8) is 0 Å². The van der Waals surface area contributed by atoms with Gasteiger partial charge >= 0.3 is 12.3 Å². The van der Waals surface area contributed by atoms with E-state index in [0.717, 1.165) is 12.1 Å². The number of furan rings is 1. The summed E-state index contributed by atoms with van der Waals surface area (Å²) in [7, 11) is 0. The minimum atomic E-state index is -4.38. The Bertz CT molecular complexity index is 872. The van der Waals surface area contributed by atoms with E-state index in [1.807, 2.05) is 0 Å². The SMILES string of the molecule is O=C(Nc1cccc(-c2ccc(C(F)(F)F)cc2)c1)OCc1ccco1. The van der Waals surface area contributed by atoms with Crippen molar-refractivity contribution in [2.45, 2.75) is 12.8 Å². The van der Waals surface area contributed by atoms with Crippen LogP contribution in [0.15, 0.2) is 71.3 Å². The average molecular weight is 361 g/mol. The number of alkyl halides is 3. The molecule has 1 aromatic heterocycles. The first-order valence-corrected chi connectivity index (χ1v) is 7.66. The van der Waals surface area contributed by atoms with Crippen molar-refractivity contribution in [2.75, 3.05) is 5.32 Å². The summed E-state index contributed by atoms with van der Waals surface area (Å²) in [5, 5.41) is 2.57. The van der Waals surface area contributed by atoms with Gasteiger partial charge in [0.15, 0.2) is 6.61 Å². The zero-order valence-corrected chi connectivity index (χ0v) is 13.4. The van der Waals surface area contributed by atoms with Crippen LogP contribution in [0.1, 0.15) is 11.3 Å². The Hall–Kier alpha value is -3.22. The van der Waals surface area contributed by atoms with Gasteiger partial charge in [-0.15, -0.1) is 0 Å². The van der Waals surface area contributed by atoms with Crippen molar-refractivity contribution in [1.29, 1.82) is 0 Å². The lowest BCUT2D eigenvalue weighted by Crippen LogP contribution is -2.13. The zero-order valence-electron chi connectivity index (χ0n) is 13.4. The number of hydrogen-bond acceptors (Lipinski definition) is 3. The van der Waals surface area contributed by atoms with Crippen molar-refractivity contribution in [2.24, 2.45) is 0 Å². The van der Waals surface area contributed by atoms with Gasteiger partial charge in [0.05, 0.1) is 11.8 Å². The number of nitrogens with one attached hydrogen (secondary N) is 1. The van der Waals surface area contributed by atoms with Crippen LogP contribution in [0.3, 0.4) is 0 Å². The number of rotatable bonds is 4. The maximum atomic E-state index is 12.6. The number of benzene rings is 2. The number of anilines is 1. The molecule has 26 heavy (non-hydrogen) atoms. The fourth-order valence-corrected chi connectivity index (χ4v) is 2.31. The summed E-state index contributed by atoms with van der Waals surface area (Å²) in [5.74, 6) is 0.513. The first-order valence-electron chi connectivity index (χ1n) is 7.66. The number of hydrogen-bond donors (Lipinski definition) is 1. The predicted octanol–water partition coefficient (Wildman–Crippen LogP) is 5.71. The summed E-state index contributed by atoms with van der Waals surface area (Å²) >= 11 is 0. The molecule has 0 aliphatic carbocycles. The Balaban J connectivity index is 1.67. The van der Waals surface area contributed by atoms with Crippen molar-refractivity contribution in [1.82, 2.24) is 0 Å². The topological polar surface area (TPSA) is 51.5 Å². The first kappa shape index (κ1) is 17.6. The molecule has 7 heteroatoms. The maximum Gasteiger partial charge on any atom is 0.416 e. The molecule has 3 aromatic rings. The van der Waals surface area contributed by atoms with E-state index in [4.69, 9.17) is 9.15 Å². The van der Waals surface area contributed by atoms with Crippen LogP contribution in [0.5, 0.6) is 0 Å². The Morgan fingerprint density at radius 1 is 1.00 bits per heavy atom. The standard InChI is InChI=1S/C19H14F3NO3/c20-19(21,22)15-8-6-13(7-9-15)14-3-1-4-16(11-14)23-18(24)26-12-17-5-2-10-25-17/h1-11H,12H2,(H,23,24). The van der Waals surface area contributed by atoms with Gasteiger partial charge in [-0.25, -0.2) is 4.79 Å². The lowest BCUT2D eigenvalue weighted by atomic mass is 10.0. The molecule has 3 rings (SSSR count). The van der Waals surface area contributed by atoms with Crippen LogP contribution in [0, 0.1) is 0 Å². The molecule has 0 radical (unpaired) electrons. The highest BCUT2D eigenvalue weighted by atomic mass is 19.4. The second-order valence-electron chi connectivity index (χ2n) is 5.44. The molecule has 0 aliphatic rings. The van der Waals surface area contributed by atoms with Crippen LogP contribution in [0.4, 0.5) is 23.7 Å². The summed E-state index contributed by atoms with van der Waals surface area (Å²) < 4.78 is 48.0. The molecule has 4 nitrogen and oxygen atoms in total. The number of carbonyl (C=O) groups is 1. The van der Waals surface area contributed by atoms with Gasteiger partial charge < -0.3 is 9.15 Å². The Morgan fingerprint density at radius 3 is 2.42 bits per heavy atom. The van der Waals surface area contributed by atoms with Gasteiger partial charge in [-0.05, 0) is 47.5 Å². The molecule has 0 spiro atoms. The fraction of sp³-hybridized carbons (Fsp3) is 0.105. The normalized spacial score (nSPS) is 11.2. The molecule has 1 N–H and O–H groups in total. The quantitative estimate of drug-likeness (QED) is 0.647. The minimum Gasteiger partial charge on any atom is -0.466 e. The molecular formula is C19H14F3NO3. The van der Waals surface area contributed by atoms with Crippen molar-refractivity contribution < 1.29 is 27.1 Å². The molecule has 0 unspecified atom stereocenters. The maximum absolute atomic E-state index is 12.6. The van der Waals surface area contributed by atoms with Gasteiger partial charge in [-0.2, -0.15) is 13.2 Å². The first-order chi connectivity index (χ1) is 12.4. The molecule has 0 bridgehead atoms. The molecule has 0 saturated carbocycles. The van der Waals surface area contributed by atoms with Crippen LogP contribution in [-0.4, -0.2) is 6.09 Å². The summed E-state index contributed by atoms with van der Waals surface area (Å²) in [4.78, 5) is 11.8. The number of halogens is 3. The number of ether oxygens (including phenoxy) is 1. The van der Waals surface area contributed by atoms with Crippen molar-refractivity contribution in [3.05, 3.63) is 78.3 Å². The third-order valence-electron chi connectivity index (χ3n) is 3.58. The van der Waals surface area contributed by atoms with E-state index < -0.39 is 17.8 Å². The summed E-state index contributed by atoms with van der Waals surface area (Å²) in [6.45, 7) is -0.00255. The van der Waals surface area contributed by atoms with E-state index >= 15 is 0 Å². The summed E-state index contributed by atoms with van der Waals surface area (Å²) in [5.41, 5.74) is 1.03. The highest BCUT2D eigenvalue weighted by Crippen LogP contribution is 2.31. The Morgan fingerprint density at radius 2 is 1.77 bits per heavy atom. The predicted molar refractivity (Wildman–Crippen MR) is 89.4 cm³/mol. The largest absolute Gasteiger partial charge is 0.466 e. The van der Waals surface area contributed by atoms with Crippen LogP contribution >= 0.6 is 0 Å². The lowest BCUT2D eigenvalue weighted by molar-refractivity contribution is -0.137.